The molecule has 0 spiro atoms. The molecule has 0 aromatic rings. The van der Waals surface area contributed by atoms with Gasteiger partial charge in [-0.1, -0.05) is 0 Å². The molecule has 0 fully saturated rings. The first-order chi connectivity index (χ1) is 21.4. The topological polar surface area (TPSA) is 154 Å². The summed E-state index contributed by atoms with van der Waals surface area (Å²) in [6, 6.07) is -0.776. The van der Waals surface area contributed by atoms with E-state index in [1.165, 1.54) is 0 Å². The van der Waals surface area contributed by atoms with Gasteiger partial charge in [0.05, 0.1) is 90.6 Å². The summed E-state index contributed by atoms with van der Waals surface area (Å²) in [5, 5.41) is 3.39. The highest BCUT2D eigenvalue weighted by Crippen LogP contribution is 2.11. The normalized spacial score (nSPS) is 12.7. The lowest BCUT2D eigenvalue weighted by molar-refractivity contribution is -0.157. The van der Waals surface area contributed by atoms with Gasteiger partial charge in [0.25, 0.3) is 0 Å². The van der Waals surface area contributed by atoms with E-state index in [0.29, 0.717) is 0 Å². The first-order valence-corrected chi connectivity index (χ1v) is 16.4. The van der Waals surface area contributed by atoms with E-state index in [-0.39, 0.29) is 114 Å². The fourth-order valence-electron chi connectivity index (χ4n) is 3.72. The average Bonchev–Trinajstić information content (AvgIpc) is 2.84. The molecular weight excluding hydrogens is 614 g/mol. The van der Waals surface area contributed by atoms with Crippen molar-refractivity contribution in [2.75, 3.05) is 52.9 Å². The summed E-state index contributed by atoms with van der Waals surface area (Å²) in [5.41, 5.74) is -2.38. The van der Waals surface area contributed by atoms with Crippen LogP contribution in [0.5, 0.6) is 0 Å². The average molecular weight is 678 g/mol. The highest BCUT2D eigenvalue weighted by Gasteiger charge is 2.22. The van der Waals surface area contributed by atoms with Crippen molar-refractivity contribution < 1.29 is 57.1 Å². The lowest BCUT2D eigenvalue weighted by Crippen LogP contribution is -2.48. The SMILES string of the molecule is CC(C)(C)OC(=O)CCOCC(COCCC(=O)OC(C)(C)C)NC(COCCC(=O)OC(C)(C)C)COCCC(=O)OC(C)(C)C. The Morgan fingerprint density at radius 3 is 0.766 bits per heavy atom. The number of nitrogens with one attached hydrogen (secondary N) is 1. The minimum atomic E-state index is -0.594. The van der Waals surface area contributed by atoms with Gasteiger partial charge in [0.1, 0.15) is 22.4 Å². The molecule has 1 N–H and O–H groups in total. The molecule has 0 heterocycles. The monoisotopic (exact) mass is 677 g/mol. The Hall–Kier alpha value is -2.32. The van der Waals surface area contributed by atoms with E-state index in [9.17, 15) is 19.2 Å². The van der Waals surface area contributed by atoms with Gasteiger partial charge in [0.15, 0.2) is 0 Å². The molecule has 0 bridgehead atoms. The minimum Gasteiger partial charge on any atom is -0.460 e. The van der Waals surface area contributed by atoms with Gasteiger partial charge in [-0.05, 0) is 83.1 Å². The summed E-state index contributed by atoms with van der Waals surface area (Å²) in [4.78, 5) is 48.4. The number of esters is 4. The molecule has 276 valence electrons. The second kappa shape index (κ2) is 21.6. The molecular formula is C34H63NO12. The van der Waals surface area contributed by atoms with Crippen LogP contribution < -0.4 is 5.32 Å². The summed E-state index contributed by atoms with van der Waals surface area (Å²) >= 11 is 0. The Labute approximate surface area is 282 Å². The summed E-state index contributed by atoms with van der Waals surface area (Å²) < 4.78 is 44.5. The molecule has 0 atom stereocenters. The smallest absolute Gasteiger partial charge is 0.308 e. The van der Waals surface area contributed by atoms with E-state index in [1.54, 1.807) is 83.1 Å². The van der Waals surface area contributed by atoms with E-state index >= 15 is 0 Å². The summed E-state index contributed by atoms with van der Waals surface area (Å²) in [6.07, 6.45) is 0.311. The van der Waals surface area contributed by atoms with Crippen molar-refractivity contribution in [2.45, 2.75) is 143 Å². The number of carbonyl (C=O) groups excluding carboxylic acids is 4. The van der Waals surface area contributed by atoms with Gasteiger partial charge < -0.3 is 43.2 Å². The number of hydrogen-bond acceptors (Lipinski definition) is 13. The van der Waals surface area contributed by atoms with Gasteiger partial charge in [0.2, 0.25) is 0 Å². The molecule has 0 radical (unpaired) electrons. The molecule has 0 aromatic carbocycles. The van der Waals surface area contributed by atoms with Crippen molar-refractivity contribution in [2.24, 2.45) is 0 Å². The fraction of sp³-hybridized carbons (Fsp3) is 0.882. The first-order valence-electron chi connectivity index (χ1n) is 16.4. The predicted molar refractivity (Wildman–Crippen MR) is 176 cm³/mol. The molecule has 0 aliphatic heterocycles. The lowest BCUT2D eigenvalue weighted by atomic mass is 10.2. The van der Waals surface area contributed by atoms with Crippen molar-refractivity contribution >= 4 is 23.9 Å². The Morgan fingerprint density at radius 1 is 0.404 bits per heavy atom. The van der Waals surface area contributed by atoms with E-state index in [0.717, 1.165) is 0 Å². The Morgan fingerprint density at radius 2 is 0.596 bits per heavy atom. The molecule has 0 rings (SSSR count). The highest BCUT2D eigenvalue weighted by molar-refractivity contribution is 5.71. The van der Waals surface area contributed by atoms with Crippen LogP contribution in [0, 0.1) is 0 Å². The third-order valence-electron chi connectivity index (χ3n) is 5.23. The Balaban J connectivity index is 5.33. The summed E-state index contributed by atoms with van der Waals surface area (Å²) in [6.45, 7) is 22.8. The van der Waals surface area contributed by atoms with Crippen LogP contribution in [0.4, 0.5) is 0 Å². The molecule has 0 amide bonds. The predicted octanol–water partition coefficient (Wildman–Crippen LogP) is 4.31. The van der Waals surface area contributed by atoms with Crippen LogP contribution in [0.25, 0.3) is 0 Å². The third kappa shape index (κ3) is 30.7. The van der Waals surface area contributed by atoms with Gasteiger partial charge in [-0.15, -0.1) is 0 Å². The molecule has 0 aliphatic carbocycles. The van der Waals surface area contributed by atoms with E-state index in [2.05, 4.69) is 5.32 Å². The molecule has 0 saturated heterocycles. The first kappa shape index (κ1) is 44.7. The largest absolute Gasteiger partial charge is 0.460 e. The fourth-order valence-corrected chi connectivity index (χ4v) is 3.72. The van der Waals surface area contributed by atoms with E-state index < -0.39 is 22.4 Å². The molecule has 47 heavy (non-hydrogen) atoms. The van der Waals surface area contributed by atoms with Crippen LogP contribution in [0.15, 0.2) is 0 Å². The quantitative estimate of drug-likeness (QED) is 0.0985. The highest BCUT2D eigenvalue weighted by atomic mass is 16.6. The van der Waals surface area contributed by atoms with Crippen LogP contribution in [-0.2, 0) is 57.1 Å². The van der Waals surface area contributed by atoms with Crippen molar-refractivity contribution in [3.63, 3.8) is 0 Å². The Kier molecular flexibility index (Phi) is 20.5. The minimum absolute atomic E-state index is 0.0778. The van der Waals surface area contributed by atoms with Gasteiger partial charge in [0, 0.05) is 0 Å². The van der Waals surface area contributed by atoms with Crippen LogP contribution >= 0.6 is 0 Å². The van der Waals surface area contributed by atoms with Crippen LogP contribution in [0.2, 0.25) is 0 Å². The van der Waals surface area contributed by atoms with Crippen molar-refractivity contribution in [1.29, 1.82) is 0 Å². The standard InChI is InChI=1S/C34H63NO12/c1-31(2,3)44-27(36)13-17-40-21-25(22-41-18-14-28(37)45-32(4,5)6)35-26(23-42-19-15-29(38)46-33(7,8)9)24-43-20-16-30(39)47-34(10,11)12/h25-26,35H,13-24H2,1-12H3. The van der Waals surface area contributed by atoms with Crippen LogP contribution in [-0.4, -0.2) is 111 Å². The maximum Gasteiger partial charge on any atom is 0.308 e. The second-order valence-electron chi connectivity index (χ2n) is 15.2. The van der Waals surface area contributed by atoms with Crippen LogP contribution in [0.1, 0.15) is 109 Å². The van der Waals surface area contributed by atoms with Crippen molar-refractivity contribution in [3.8, 4) is 0 Å². The van der Waals surface area contributed by atoms with Gasteiger partial charge in [-0.3, -0.25) is 19.2 Å². The Bertz CT molecular complexity index is 779. The lowest BCUT2D eigenvalue weighted by Gasteiger charge is -2.26. The number of ether oxygens (including phenoxy) is 8. The third-order valence-corrected chi connectivity index (χ3v) is 5.23. The zero-order chi connectivity index (χ0) is 36.3. The zero-order valence-corrected chi connectivity index (χ0v) is 31.0. The number of hydrogen-bond donors (Lipinski definition) is 1. The van der Waals surface area contributed by atoms with Crippen LogP contribution in [0.3, 0.4) is 0 Å². The van der Waals surface area contributed by atoms with E-state index in [1.807, 2.05) is 0 Å². The number of carbonyl (C=O) groups is 4. The van der Waals surface area contributed by atoms with Crippen molar-refractivity contribution in [3.05, 3.63) is 0 Å². The maximum absolute atomic E-state index is 12.1. The second-order valence-corrected chi connectivity index (χ2v) is 15.2. The van der Waals surface area contributed by atoms with Gasteiger partial charge in [-0.25, -0.2) is 0 Å². The molecule has 13 heteroatoms. The maximum atomic E-state index is 12.1. The molecule has 13 nitrogen and oxygen atoms in total. The van der Waals surface area contributed by atoms with E-state index in [4.69, 9.17) is 37.9 Å². The summed E-state index contributed by atoms with van der Waals surface area (Å²) in [5.74, 6) is -1.48. The zero-order valence-electron chi connectivity index (χ0n) is 31.0. The van der Waals surface area contributed by atoms with Crippen molar-refractivity contribution in [1.82, 2.24) is 5.32 Å². The molecule has 0 aromatic heterocycles. The molecule has 0 saturated carbocycles. The van der Waals surface area contributed by atoms with Gasteiger partial charge >= 0.3 is 23.9 Å². The number of rotatable bonds is 22. The van der Waals surface area contributed by atoms with Gasteiger partial charge in [-0.2, -0.15) is 0 Å². The molecule has 0 unspecified atom stereocenters. The molecule has 0 aliphatic rings. The summed E-state index contributed by atoms with van der Waals surface area (Å²) in [7, 11) is 0.